The molecule has 1 fully saturated rings. The van der Waals surface area contributed by atoms with Gasteiger partial charge in [0, 0.05) is 31.1 Å². The fraction of sp³-hybridized carbons (Fsp3) is 0.270. The van der Waals surface area contributed by atoms with Crippen molar-refractivity contribution >= 4 is 16.9 Å². The molecule has 0 unspecified atom stereocenters. The maximum atomic E-state index is 12.8. The van der Waals surface area contributed by atoms with Crippen molar-refractivity contribution in [1.82, 2.24) is 20.2 Å². The molecule has 1 saturated heterocycles. The van der Waals surface area contributed by atoms with Gasteiger partial charge in [0.1, 0.15) is 5.69 Å². The first-order chi connectivity index (χ1) is 22.0. The normalized spacial score (nSPS) is 19.9. The third-order valence-corrected chi connectivity index (χ3v) is 8.30. The second-order valence-electron chi connectivity index (χ2n) is 11.7. The van der Waals surface area contributed by atoms with E-state index in [1.807, 2.05) is 78.9 Å². The van der Waals surface area contributed by atoms with Gasteiger partial charge in [0.25, 0.3) is 5.91 Å². The molecule has 0 radical (unpaired) electrons. The highest BCUT2D eigenvalue weighted by atomic mass is 16.7. The number of rotatable bonds is 10. The van der Waals surface area contributed by atoms with Crippen molar-refractivity contribution in [2.75, 3.05) is 13.6 Å². The maximum absolute atomic E-state index is 12.8. The average molecular weight is 603 g/mol. The van der Waals surface area contributed by atoms with Crippen LogP contribution in [0.25, 0.3) is 11.0 Å². The van der Waals surface area contributed by atoms with Crippen molar-refractivity contribution in [2.45, 2.75) is 45.1 Å². The predicted octanol–water partition coefficient (Wildman–Crippen LogP) is 5.98. The minimum absolute atomic E-state index is 0.00244. The largest absolute Gasteiger partial charge is 0.392 e. The lowest BCUT2D eigenvalue weighted by Crippen LogP contribution is -2.43. The van der Waals surface area contributed by atoms with E-state index in [0.29, 0.717) is 12.1 Å². The van der Waals surface area contributed by atoms with E-state index in [-0.39, 0.29) is 36.3 Å². The van der Waals surface area contributed by atoms with Gasteiger partial charge in [0.15, 0.2) is 6.29 Å². The van der Waals surface area contributed by atoms with Crippen molar-refractivity contribution in [3.63, 3.8) is 0 Å². The molecule has 0 saturated carbocycles. The van der Waals surface area contributed by atoms with Gasteiger partial charge in [-0.1, -0.05) is 97.9 Å². The Morgan fingerprint density at radius 1 is 0.822 bits per heavy atom. The van der Waals surface area contributed by atoms with Crippen LogP contribution in [0.15, 0.2) is 109 Å². The molecule has 45 heavy (non-hydrogen) atoms. The number of nitrogens with one attached hydrogen (secondary N) is 1. The molecule has 4 atom stereocenters. The summed E-state index contributed by atoms with van der Waals surface area (Å²) in [5, 5.41) is 12.5. The van der Waals surface area contributed by atoms with E-state index in [2.05, 4.69) is 58.4 Å². The number of fused-ring (bicyclic) bond motifs is 1. The number of para-hydroxylation sites is 2. The summed E-state index contributed by atoms with van der Waals surface area (Å²) < 4.78 is 13.2. The van der Waals surface area contributed by atoms with Crippen molar-refractivity contribution in [2.24, 2.45) is 5.92 Å². The van der Waals surface area contributed by atoms with E-state index in [1.54, 1.807) is 0 Å². The summed E-state index contributed by atoms with van der Waals surface area (Å²) in [6.07, 6.45) is 0.673. The molecule has 2 heterocycles. The summed E-state index contributed by atoms with van der Waals surface area (Å²) >= 11 is 0. The summed E-state index contributed by atoms with van der Waals surface area (Å²) in [5.74, 6) is -0.185. The third-order valence-electron chi connectivity index (χ3n) is 8.30. The molecule has 1 amide bonds. The molecule has 5 aromatic rings. The van der Waals surface area contributed by atoms with Gasteiger partial charge in [-0.2, -0.15) is 0 Å². The first-order valence-corrected chi connectivity index (χ1v) is 15.3. The average Bonchev–Trinajstić information content (AvgIpc) is 3.08. The lowest BCUT2D eigenvalue weighted by Gasteiger charge is -2.42. The van der Waals surface area contributed by atoms with Crippen LogP contribution in [-0.4, -0.2) is 45.6 Å². The number of carbonyl (C=O) groups excluding carboxylic acids is 1. The molecular weight excluding hydrogens is 564 g/mol. The van der Waals surface area contributed by atoms with Gasteiger partial charge in [0.2, 0.25) is 0 Å². The molecular formula is C37H38N4O4. The Hall–Kier alpha value is -4.47. The van der Waals surface area contributed by atoms with Gasteiger partial charge >= 0.3 is 0 Å². The number of aliphatic hydroxyl groups excluding tert-OH is 1. The van der Waals surface area contributed by atoms with Crippen LogP contribution in [0.4, 0.5) is 0 Å². The van der Waals surface area contributed by atoms with Gasteiger partial charge in [-0.15, -0.1) is 0 Å². The van der Waals surface area contributed by atoms with E-state index < -0.39 is 6.29 Å². The molecule has 2 N–H and O–H groups in total. The van der Waals surface area contributed by atoms with Gasteiger partial charge in [-0.25, -0.2) is 4.98 Å². The zero-order chi connectivity index (χ0) is 31.2. The van der Waals surface area contributed by atoms with E-state index in [1.165, 1.54) is 11.8 Å². The number of benzene rings is 4. The Labute approximate surface area is 263 Å². The lowest BCUT2D eigenvalue weighted by molar-refractivity contribution is -0.276. The fourth-order valence-electron chi connectivity index (χ4n) is 5.73. The quantitative estimate of drug-likeness (QED) is 0.203. The van der Waals surface area contributed by atoms with Crippen LogP contribution in [0.1, 0.15) is 57.6 Å². The maximum Gasteiger partial charge on any atom is 0.271 e. The Kier molecular flexibility index (Phi) is 9.57. The first-order valence-electron chi connectivity index (χ1n) is 15.3. The molecule has 0 bridgehead atoms. The van der Waals surface area contributed by atoms with Crippen molar-refractivity contribution in [3.05, 3.63) is 143 Å². The minimum Gasteiger partial charge on any atom is -0.392 e. The molecule has 1 aliphatic rings. The summed E-state index contributed by atoms with van der Waals surface area (Å²) in [6.45, 7) is 4.09. The van der Waals surface area contributed by atoms with Crippen LogP contribution in [0, 0.1) is 5.92 Å². The zero-order valence-electron chi connectivity index (χ0n) is 25.5. The molecule has 4 aromatic carbocycles. The summed E-state index contributed by atoms with van der Waals surface area (Å²) in [5.41, 5.74) is 6.74. The Balaban J connectivity index is 1.15. The Morgan fingerprint density at radius 3 is 2.22 bits per heavy atom. The number of likely N-dealkylation sites (N-methyl/N-ethyl adjacent to an activating group) is 1. The number of hydrogen-bond donors (Lipinski definition) is 2. The highest BCUT2D eigenvalue weighted by Gasteiger charge is 2.38. The van der Waals surface area contributed by atoms with E-state index >= 15 is 0 Å². The van der Waals surface area contributed by atoms with E-state index in [0.717, 1.165) is 40.9 Å². The monoisotopic (exact) mass is 602 g/mol. The van der Waals surface area contributed by atoms with Crippen molar-refractivity contribution < 1.29 is 19.4 Å². The number of nitrogens with zero attached hydrogens (tertiary/aromatic N) is 3. The molecule has 8 heteroatoms. The molecule has 0 aliphatic carbocycles. The lowest BCUT2D eigenvalue weighted by atomic mass is 9.90. The SMILES string of the molecule is C[C@H]1[C@@H](CN(C)Cc2ccccc2)O[C@@H](c2ccc(CNC(=O)c3cnc4ccccc4n3)cc2)O[C@H]1c1ccc(CO)cc1. The van der Waals surface area contributed by atoms with Crippen LogP contribution in [0.3, 0.4) is 0 Å². The number of aromatic nitrogens is 2. The molecule has 1 aliphatic heterocycles. The second-order valence-corrected chi connectivity index (χ2v) is 11.7. The molecule has 0 spiro atoms. The highest BCUT2D eigenvalue weighted by Crippen LogP contribution is 2.42. The summed E-state index contributed by atoms with van der Waals surface area (Å²) in [6, 6.07) is 33.8. The predicted molar refractivity (Wildman–Crippen MR) is 173 cm³/mol. The number of amides is 1. The number of carbonyl (C=O) groups is 1. The van der Waals surface area contributed by atoms with Crippen LogP contribution >= 0.6 is 0 Å². The molecule has 1 aromatic heterocycles. The Morgan fingerprint density at radius 2 is 1.49 bits per heavy atom. The van der Waals surface area contributed by atoms with Gasteiger partial charge in [0.05, 0.1) is 36.0 Å². The molecule has 8 nitrogen and oxygen atoms in total. The topological polar surface area (TPSA) is 96.8 Å². The first kappa shape index (κ1) is 30.6. The molecule has 6 rings (SSSR count). The van der Waals surface area contributed by atoms with Gasteiger partial charge in [-0.3, -0.25) is 14.7 Å². The van der Waals surface area contributed by atoms with Crippen LogP contribution in [-0.2, 0) is 29.2 Å². The van der Waals surface area contributed by atoms with Gasteiger partial charge in [-0.05, 0) is 41.4 Å². The Bertz CT molecular complexity index is 1710. The van der Waals surface area contributed by atoms with E-state index in [9.17, 15) is 9.90 Å². The standard InChI is InChI=1S/C37H38N4O4/c1-25-34(23-41(2)22-27-8-4-3-5-9-27)44-37(45-35(25)29-16-14-28(24-42)15-17-29)30-18-12-26(13-19-30)20-39-36(43)33-21-38-31-10-6-7-11-32(31)40-33/h3-19,21,25,34-35,37,42H,20,22-24H2,1-2H3,(H,39,43)/t25-,34+,35+,37+/m0/s1. The van der Waals surface area contributed by atoms with Crippen LogP contribution in [0.2, 0.25) is 0 Å². The minimum atomic E-state index is -0.560. The van der Waals surface area contributed by atoms with Crippen molar-refractivity contribution in [3.8, 4) is 0 Å². The fourth-order valence-corrected chi connectivity index (χ4v) is 5.73. The zero-order valence-corrected chi connectivity index (χ0v) is 25.5. The highest BCUT2D eigenvalue weighted by molar-refractivity contribution is 5.93. The molecule has 230 valence electrons. The summed E-state index contributed by atoms with van der Waals surface area (Å²) in [7, 11) is 2.12. The van der Waals surface area contributed by atoms with Crippen LogP contribution < -0.4 is 5.32 Å². The summed E-state index contributed by atoms with van der Waals surface area (Å²) in [4.78, 5) is 23.9. The third kappa shape index (κ3) is 7.44. The smallest absolute Gasteiger partial charge is 0.271 e. The van der Waals surface area contributed by atoms with Crippen molar-refractivity contribution in [1.29, 1.82) is 0 Å². The van der Waals surface area contributed by atoms with Gasteiger partial charge < -0.3 is 19.9 Å². The number of hydrogen-bond acceptors (Lipinski definition) is 7. The van der Waals surface area contributed by atoms with Crippen LogP contribution in [0.5, 0.6) is 0 Å². The van der Waals surface area contributed by atoms with E-state index in [4.69, 9.17) is 9.47 Å². The second kappa shape index (κ2) is 14.1. The number of ether oxygens (including phenoxy) is 2. The number of aliphatic hydroxyl groups is 1.